The Morgan fingerprint density at radius 1 is 1.27 bits per heavy atom. The molecule has 0 radical (unpaired) electrons. The van der Waals surface area contributed by atoms with Gasteiger partial charge >= 0.3 is 0 Å². The van der Waals surface area contributed by atoms with Crippen molar-refractivity contribution >= 4 is 51.5 Å². The van der Waals surface area contributed by atoms with E-state index in [9.17, 15) is 9.18 Å². The molecule has 2 aromatic carbocycles. The highest BCUT2D eigenvalue weighted by molar-refractivity contribution is 6.42. The Hall–Kier alpha value is -2.70. The van der Waals surface area contributed by atoms with Crippen molar-refractivity contribution in [2.45, 2.75) is 18.8 Å². The quantitative estimate of drug-likeness (QED) is 0.413. The summed E-state index contributed by atoms with van der Waals surface area (Å²) in [5, 5.41) is 3.76. The number of hydrogen-bond acceptors (Lipinski definition) is 4. The van der Waals surface area contributed by atoms with Crippen LogP contribution in [0.1, 0.15) is 24.3 Å². The number of nitrogens with zero attached hydrogens (tertiary/aromatic N) is 3. The predicted octanol–water partition coefficient (Wildman–Crippen LogP) is 5.71. The Balaban J connectivity index is 1.68. The van der Waals surface area contributed by atoms with E-state index < -0.39 is 5.82 Å². The van der Waals surface area contributed by atoms with E-state index in [1.165, 1.54) is 24.5 Å². The molecule has 0 spiro atoms. The minimum Gasteiger partial charge on any atom is -0.339 e. The monoisotopic (exact) mass is 444 g/mol. The zero-order valence-corrected chi connectivity index (χ0v) is 17.5. The molecular weight excluding hydrogens is 426 g/mol. The van der Waals surface area contributed by atoms with Gasteiger partial charge < -0.3 is 10.2 Å². The van der Waals surface area contributed by atoms with E-state index in [0.29, 0.717) is 12.4 Å². The number of piperidine rings is 1. The molecule has 5 nitrogen and oxygen atoms in total. The lowest BCUT2D eigenvalue weighted by Gasteiger charge is -2.32. The van der Waals surface area contributed by atoms with Gasteiger partial charge in [0.05, 0.1) is 21.2 Å². The first-order valence-electron chi connectivity index (χ1n) is 9.54. The van der Waals surface area contributed by atoms with E-state index in [-0.39, 0.29) is 27.6 Å². The molecule has 1 aromatic heterocycles. The summed E-state index contributed by atoms with van der Waals surface area (Å²) in [5.74, 6) is -0.0324. The van der Waals surface area contributed by atoms with Gasteiger partial charge in [0.15, 0.2) is 5.82 Å². The Bertz CT molecular complexity index is 1140. The summed E-state index contributed by atoms with van der Waals surface area (Å²) in [6, 6.07) is 8.97. The number of carbonyl (C=O) groups excluding carboxylic acids is 1. The lowest BCUT2D eigenvalue weighted by Crippen LogP contribution is -2.38. The summed E-state index contributed by atoms with van der Waals surface area (Å²) >= 11 is 11.8. The molecule has 1 saturated heterocycles. The standard InChI is InChI=1S/C22H19Cl2FN4O/c1-2-19(30)29-9-3-4-14(11-29)13-5-7-17-15(10-13)22(27-12-26-17)28-18-8-6-16(23)20(24)21(18)25/h2,5-8,10,12,14H,1,3-4,9,11H2,(H,26,27,28). The SMILES string of the molecule is C=CC(=O)N1CCCC(c2ccc3ncnc(Nc4ccc(Cl)c(Cl)c4F)c3c2)C1. The van der Waals surface area contributed by atoms with E-state index in [1.54, 1.807) is 0 Å². The molecule has 0 saturated carbocycles. The van der Waals surface area contributed by atoms with Crippen LogP contribution < -0.4 is 5.32 Å². The van der Waals surface area contributed by atoms with Crippen LogP contribution in [0.15, 0.2) is 49.3 Å². The van der Waals surface area contributed by atoms with E-state index in [0.717, 1.165) is 35.9 Å². The number of amides is 1. The maximum atomic E-state index is 14.5. The summed E-state index contributed by atoms with van der Waals surface area (Å²) in [6.45, 7) is 4.95. The van der Waals surface area contributed by atoms with Crippen LogP contribution in [0.3, 0.4) is 0 Å². The van der Waals surface area contributed by atoms with Crippen molar-refractivity contribution in [2.75, 3.05) is 18.4 Å². The lowest BCUT2D eigenvalue weighted by molar-refractivity contribution is -0.127. The second-order valence-corrected chi connectivity index (χ2v) is 7.96. The van der Waals surface area contributed by atoms with Gasteiger partial charge in [0.25, 0.3) is 0 Å². The van der Waals surface area contributed by atoms with E-state index >= 15 is 0 Å². The van der Waals surface area contributed by atoms with Crippen molar-refractivity contribution in [2.24, 2.45) is 0 Å². The first-order chi connectivity index (χ1) is 14.5. The highest BCUT2D eigenvalue weighted by Gasteiger charge is 2.24. The third kappa shape index (κ3) is 3.98. The highest BCUT2D eigenvalue weighted by atomic mass is 35.5. The second-order valence-electron chi connectivity index (χ2n) is 7.17. The lowest BCUT2D eigenvalue weighted by atomic mass is 9.90. The molecule has 2 heterocycles. The van der Waals surface area contributed by atoms with Crippen molar-refractivity contribution in [3.05, 3.63) is 70.7 Å². The van der Waals surface area contributed by atoms with Gasteiger partial charge in [-0.3, -0.25) is 4.79 Å². The van der Waals surface area contributed by atoms with Gasteiger partial charge in [-0.15, -0.1) is 0 Å². The first kappa shape index (κ1) is 20.6. The number of anilines is 2. The number of fused-ring (bicyclic) bond motifs is 1. The van der Waals surface area contributed by atoms with E-state index in [2.05, 4.69) is 21.9 Å². The molecule has 1 atom stereocenters. The highest BCUT2D eigenvalue weighted by Crippen LogP contribution is 2.34. The van der Waals surface area contributed by atoms with Crippen LogP contribution in [0.4, 0.5) is 15.9 Å². The third-order valence-electron chi connectivity index (χ3n) is 5.33. The average Bonchev–Trinajstić information content (AvgIpc) is 2.79. The fourth-order valence-corrected chi connectivity index (χ4v) is 4.07. The van der Waals surface area contributed by atoms with Crippen molar-refractivity contribution in [1.82, 2.24) is 14.9 Å². The Morgan fingerprint density at radius 3 is 2.90 bits per heavy atom. The number of benzene rings is 2. The third-order valence-corrected chi connectivity index (χ3v) is 6.11. The number of rotatable bonds is 4. The number of carbonyl (C=O) groups is 1. The molecule has 4 rings (SSSR count). The van der Waals surface area contributed by atoms with Gasteiger partial charge in [-0.2, -0.15) is 0 Å². The van der Waals surface area contributed by atoms with Crippen LogP contribution in [0.25, 0.3) is 10.9 Å². The van der Waals surface area contributed by atoms with Crippen LogP contribution in [0.2, 0.25) is 10.0 Å². The molecule has 1 aliphatic rings. The zero-order chi connectivity index (χ0) is 21.3. The maximum Gasteiger partial charge on any atom is 0.245 e. The molecule has 1 amide bonds. The van der Waals surface area contributed by atoms with Gasteiger partial charge in [0, 0.05) is 24.4 Å². The molecule has 1 fully saturated rings. The molecule has 154 valence electrons. The molecule has 30 heavy (non-hydrogen) atoms. The van der Waals surface area contributed by atoms with E-state index in [4.69, 9.17) is 23.2 Å². The molecule has 1 N–H and O–H groups in total. The van der Waals surface area contributed by atoms with Crippen LogP contribution in [0, 0.1) is 5.82 Å². The number of nitrogens with one attached hydrogen (secondary N) is 1. The molecule has 1 unspecified atom stereocenters. The van der Waals surface area contributed by atoms with E-state index in [1.807, 2.05) is 23.1 Å². The van der Waals surface area contributed by atoms with Gasteiger partial charge in [-0.05, 0) is 48.7 Å². The fourth-order valence-electron chi connectivity index (χ4n) is 3.76. The number of likely N-dealkylation sites (tertiary alicyclic amines) is 1. The molecule has 0 aliphatic carbocycles. The van der Waals surface area contributed by atoms with Crippen LogP contribution >= 0.6 is 23.2 Å². The number of aromatic nitrogens is 2. The van der Waals surface area contributed by atoms with Crippen LogP contribution in [0.5, 0.6) is 0 Å². The zero-order valence-electron chi connectivity index (χ0n) is 16.0. The topological polar surface area (TPSA) is 58.1 Å². The fraction of sp³-hybridized carbons (Fsp3) is 0.227. The van der Waals surface area contributed by atoms with Crippen molar-refractivity contribution in [1.29, 1.82) is 0 Å². The molecule has 3 aromatic rings. The second kappa shape index (κ2) is 8.58. The van der Waals surface area contributed by atoms with Crippen molar-refractivity contribution < 1.29 is 9.18 Å². The number of hydrogen-bond donors (Lipinski definition) is 1. The summed E-state index contributed by atoms with van der Waals surface area (Å²) in [6.07, 6.45) is 4.67. The average molecular weight is 445 g/mol. The van der Waals surface area contributed by atoms with Gasteiger partial charge in [-0.1, -0.05) is 35.8 Å². The largest absolute Gasteiger partial charge is 0.339 e. The van der Waals surface area contributed by atoms with Gasteiger partial charge in [-0.25, -0.2) is 14.4 Å². The smallest absolute Gasteiger partial charge is 0.245 e. The summed E-state index contributed by atoms with van der Waals surface area (Å²) in [5.41, 5.74) is 1.98. The van der Waals surface area contributed by atoms with Crippen LogP contribution in [-0.4, -0.2) is 33.9 Å². The number of halogens is 3. The molecule has 8 heteroatoms. The Kier molecular flexibility index (Phi) is 5.88. The Morgan fingerprint density at radius 2 is 2.10 bits per heavy atom. The Labute approximate surface area is 183 Å². The normalized spacial score (nSPS) is 16.5. The van der Waals surface area contributed by atoms with Gasteiger partial charge in [0.2, 0.25) is 5.91 Å². The predicted molar refractivity (Wildman–Crippen MR) is 118 cm³/mol. The summed E-state index contributed by atoms with van der Waals surface area (Å²) in [7, 11) is 0. The van der Waals surface area contributed by atoms with Gasteiger partial charge in [0.1, 0.15) is 12.1 Å². The summed E-state index contributed by atoms with van der Waals surface area (Å²) < 4.78 is 14.5. The minimum absolute atomic E-state index is 0.0544. The van der Waals surface area contributed by atoms with Crippen molar-refractivity contribution in [3.63, 3.8) is 0 Å². The van der Waals surface area contributed by atoms with Crippen LogP contribution in [-0.2, 0) is 4.79 Å². The minimum atomic E-state index is -0.641. The van der Waals surface area contributed by atoms with Crippen molar-refractivity contribution in [3.8, 4) is 0 Å². The molecule has 1 aliphatic heterocycles. The first-order valence-corrected chi connectivity index (χ1v) is 10.3. The summed E-state index contributed by atoms with van der Waals surface area (Å²) in [4.78, 5) is 22.4. The molecular formula is C22H19Cl2FN4O. The maximum absolute atomic E-state index is 14.5. The molecule has 0 bridgehead atoms.